The molecule has 0 atom stereocenters. The summed E-state index contributed by atoms with van der Waals surface area (Å²) in [7, 11) is -3.73. The highest BCUT2D eigenvalue weighted by molar-refractivity contribution is 7.89. The minimum atomic E-state index is -3.73. The van der Waals surface area contributed by atoms with E-state index >= 15 is 0 Å². The van der Waals surface area contributed by atoms with E-state index in [1.165, 1.54) is 40.7 Å². The van der Waals surface area contributed by atoms with Crippen LogP contribution in [0.25, 0.3) is 0 Å². The minimum Gasteiger partial charge on any atom is -0.369 e. The molecule has 1 amide bonds. The molecule has 0 unspecified atom stereocenters. The Morgan fingerprint density at radius 2 is 1.52 bits per heavy atom. The Morgan fingerprint density at radius 3 is 2.19 bits per heavy atom. The summed E-state index contributed by atoms with van der Waals surface area (Å²) in [6.45, 7) is 1.91. The molecule has 0 aliphatic carbocycles. The molecule has 1 aliphatic heterocycles. The molecule has 1 N–H and O–H groups in total. The predicted molar refractivity (Wildman–Crippen MR) is 118 cm³/mol. The van der Waals surface area contributed by atoms with E-state index < -0.39 is 21.7 Å². The molecule has 3 aromatic carbocycles. The van der Waals surface area contributed by atoms with Crippen molar-refractivity contribution in [2.24, 2.45) is 0 Å². The third-order valence-electron chi connectivity index (χ3n) is 5.20. The zero-order valence-electron chi connectivity index (χ0n) is 16.7. The largest absolute Gasteiger partial charge is 0.369 e. The van der Waals surface area contributed by atoms with Gasteiger partial charge in [0, 0.05) is 43.1 Å². The maximum absolute atomic E-state index is 13.1. The van der Waals surface area contributed by atoms with Crippen molar-refractivity contribution >= 4 is 27.3 Å². The highest BCUT2D eigenvalue weighted by atomic mass is 32.2. The molecule has 0 spiro atoms. The van der Waals surface area contributed by atoms with Crippen molar-refractivity contribution in [3.05, 3.63) is 90.2 Å². The molecule has 4 rings (SSSR count). The number of rotatable bonds is 5. The van der Waals surface area contributed by atoms with Crippen LogP contribution >= 0.6 is 0 Å². The highest BCUT2D eigenvalue weighted by Gasteiger charge is 2.29. The monoisotopic (exact) mass is 439 g/mol. The molecule has 0 radical (unpaired) electrons. The lowest BCUT2D eigenvalue weighted by Crippen LogP contribution is -2.48. The summed E-state index contributed by atoms with van der Waals surface area (Å²) in [4.78, 5) is 14.8. The van der Waals surface area contributed by atoms with Crippen LogP contribution < -0.4 is 10.2 Å². The molecule has 0 bridgehead atoms. The van der Waals surface area contributed by atoms with Crippen LogP contribution in [0, 0.1) is 5.82 Å². The SMILES string of the molecule is O=C(Nc1ccc(F)cc1)c1cccc(S(=O)(=O)N2CCN(c3ccccc3)CC2)c1. The number of benzene rings is 3. The fourth-order valence-corrected chi connectivity index (χ4v) is 4.98. The zero-order valence-corrected chi connectivity index (χ0v) is 17.6. The molecule has 1 aliphatic rings. The number of amides is 1. The average molecular weight is 440 g/mol. The lowest BCUT2D eigenvalue weighted by Gasteiger charge is -2.35. The van der Waals surface area contributed by atoms with E-state index in [9.17, 15) is 17.6 Å². The van der Waals surface area contributed by atoms with Crippen LogP contribution in [0.2, 0.25) is 0 Å². The van der Waals surface area contributed by atoms with Crippen LogP contribution in [0.15, 0.2) is 83.8 Å². The minimum absolute atomic E-state index is 0.0763. The van der Waals surface area contributed by atoms with Crippen molar-refractivity contribution in [1.29, 1.82) is 0 Å². The normalized spacial score (nSPS) is 14.9. The summed E-state index contributed by atoms with van der Waals surface area (Å²) >= 11 is 0. The number of hydrogen-bond donors (Lipinski definition) is 1. The van der Waals surface area contributed by atoms with E-state index in [1.807, 2.05) is 30.3 Å². The van der Waals surface area contributed by atoms with Gasteiger partial charge in [0.25, 0.3) is 5.91 Å². The maximum atomic E-state index is 13.1. The Hall–Kier alpha value is -3.23. The van der Waals surface area contributed by atoms with Gasteiger partial charge in [0.05, 0.1) is 4.90 Å². The van der Waals surface area contributed by atoms with Crippen molar-refractivity contribution in [3.8, 4) is 0 Å². The summed E-state index contributed by atoms with van der Waals surface area (Å²) in [6.07, 6.45) is 0. The molecule has 1 fully saturated rings. The first-order valence-corrected chi connectivity index (χ1v) is 11.3. The molecule has 31 heavy (non-hydrogen) atoms. The van der Waals surface area contributed by atoms with Crippen LogP contribution in [0.5, 0.6) is 0 Å². The van der Waals surface area contributed by atoms with Gasteiger partial charge >= 0.3 is 0 Å². The standard InChI is InChI=1S/C23H22FN3O3S/c24-19-9-11-20(12-10-19)25-23(28)18-5-4-8-22(17-18)31(29,30)27-15-13-26(14-16-27)21-6-2-1-3-7-21/h1-12,17H,13-16H2,(H,25,28). The van der Waals surface area contributed by atoms with Crippen molar-refractivity contribution < 1.29 is 17.6 Å². The molecular formula is C23H22FN3O3S. The molecule has 1 saturated heterocycles. The van der Waals surface area contributed by atoms with E-state index in [0.29, 0.717) is 31.9 Å². The summed E-state index contributed by atoms with van der Waals surface area (Å²) < 4.78 is 40.8. The number of carbonyl (C=O) groups is 1. The number of anilines is 2. The van der Waals surface area contributed by atoms with Crippen molar-refractivity contribution in [3.63, 3.8) is 0 Å². The van der Waals surface area contributed by atoms with Gasteiger partial charge in [-0.2, -0.15) is 4.31 Å². The van der Waals surface area contributed by atoms with Gasteiger partial charge in [0.2, 0.25) is 10.0 Å². The number of halogens is 1. The average Bonchev–Trinajstić information content (AvgIpc) is 2.81. The van der Waals surface area contributed by atoms with Crippen LogP contribution in [-0.2, 0) is 10.0 Å². The number of para-hydroxylation sites is 1. The predicted octanol–water partition coefficient (Wildman–Crippen LogP) is 3.59. The van der Waals surface area contributed by atoms with Crippen molar-refractivity contribution in [1.82, 2.24) is 4.31 Å². The van der Waals surface area contributed by atoms with Gasteiger partial charge in [0.1, 0.15) is 5.82 Å². The molecule has 1 heterocycles. The molecule has 8 heteroatoms. The van der Waals surface area contributed by atoms with Gasteiger partial charge in [-0.3, -0.25) is 4.79 Å². The zero-order chi connectivity index (χ0) is 21.8. The van der Waals surface area contributed by atoms with E-state index in [0.717, 1.165) is 5.69 Å². The molecule has 160 valence electrons. The molecule has 3 aromatic rings. The lowest BCUT2D eigenvalue weighted by atomic mass is 10.2. The summed E-state index contributed by atoms with van der Waals surface area (Å²) in [5, 5.41) is 2.65. The Labute approximate surface area is 181 Å². The number of sulfonamides is 1. The van der Waals surface area contributed by atoms with E-state index in [-0.39, 0.29) is 10.5 Å². The lowest BCUT2D eigenvalue weighted by molar-refractivity contribution is 0.102. The second-order valence-corrected chi connectivity index (χ2v) is 9.15. The topological polar surface area (TPSA) is 69.7 Å². The first kappa shape index (κ1) is 21.0. The van der Waals surface area contributed by atoms with Crippen molar-refractivity contribution in [2.45, 2.75) is 4.90 Å². The number of nitrogens with zero attached hydrogens (tertiary/aromatic N) is 2. The maximum Gasteiger partial charge on any atom is 0.255 e. The third-order valence-corrected chi connectivity index (χ3v) is 7.09. The highest BCUT2D eigenvalue weighted by Crippen LogP contribution is 2.22. The van der Waals surface area contributed by atoms with Crippen LogP contribution in [0.3, 0.4) is 0 Å². The molecule has 0 aromatic heterocycles. The molecule has 6 nitrogen and oxygen atoms in total. The molecular weight excluding hydrogens is 417 g/mol. The second kappa shape index (κ2) is 8.87. The number of carbonyl (C=O) groups excluding carboxylic acids is 1. The smallest absolute Gasteiger partial charge is 0.255 e. The molecule has 0 saturated carbocycles. The van der Waals surface area contributed by atoms with Gasteiger partial charge in [0.15, 0.2) is 0 Å². The second-order valence-electron chi connectivity index (χ2n) is 7.22. The van der Waals surface area contributed by atoms with E-state index in [4.69, 9.17) is 0 Å². The quantitative estimate of drug-likeness (QED) is 0.660. The first-order chi connectivity index (χ1) is 14.9. The van der Waals surface area contributed by atoms with Crippen LogP contribution in [0.1, 0.15) is 10.4 Å². The van der Waals surface area contributed by atoms with E-state index in [2.05, 4.69) is 10.2 Å². The summed E-state index contributed by atoms with van der Waals surface area (Å²) in [5.74, 6) is -0.865. The first-order valence-electron chi connectivity index (χ1n) is 9.91. The fraction of sp³-hybridized carbons (Fsp3) is 0.174. The number of hydrogen-bond acceptors (Lipinski definition) is 4. The van der Waals surface area contributed by atoms with Crippen LogP contribution in [-0.4, -0.2) is 44.8 Å². The van der Waals surface area contributed by atoms with Gasteiger partial charge in [-0.1, -0.05) is 24.3 Å². The van der Waals surface area contributed by atoms with Gasteiger partial charge in [-0.25, -0.2) is 12.8 Å². The van der Waals surface area contributed by atoms with Crippen LogP contribution in [0.4, 0.5) is 15.8 Å². The Balaban J connectivity index is 1.46. The van der Waals surface area contributed by atoms with Gasteiger partial charge in [-0.15, -0.1) is 0 Å². The Bertz CT molecular complexity index is 1160. The fourth-order valence-electron chi connectivity index (χ4n) is 3.51. The third kappa shape index (κ3) is 4.76. The number of piperazine rings is 1. The van der Waals surface area contributed by atoms with Gasteiger partial charge in [-0.05, 0) is 54.6 Å². The van der Waals surface area contributed by atoms with Gasteiger partial charge < -0.3 is 10.2 Å². The summed E-state index contributed by atoms with van der Waals surface area (Å²) in [6, 6.07) is 21.2. The summed E-state index contributed by atoms with van der Waals surface area (Å²) in [5.41, 5.74) is 1.71. The number of nitrogens with one attached hydrogen (secondary N) is 1. The Morgan fingerprint density at radius 1 is 0.839 bits per heavy atom. The Kier molecular flexibility index (Phi) is 6.01. The van der Waals surface area contributed by atoms with Crippen molar-refractivity contribution in [2.75, 3.05) is 36.4 Å². The van der Waals surface area contributed by atoms with E-state index in [1.54, 1.807) is 12.1 Å².